The molecule has 1 amide bonds. The minimum Gasteiger partial charge on any atom is -0.467 e. The van der Waals surface area contributed by atoms with Crippen molar-refractivity contribution in [3.63, 3.8) is 0 Å². The maximum atomic E-state index is 12.1. The number of carbonyl (C=O) groups excluding carboxylic acids is 2. The summed E-state index contributed by atoms with van der Waals surface area (Å²) >= 11 is 0. The average Bonchev–Trinajstić information content (AvgIpc) is 2.99. The summed E-state index contributed by atoms with van der Waals surface area (Å²) in [6.07, 6.45) is -0.681. The van der Waals surface area contributed by atoms with E-state index in [9.17, 15) is 9.59 Å². The second-order valence-electron chi connectivity index (χ2n) is 6.00. The topological polar surface area (TPSA) is 73.9 Å². The maximum Gasteiger partial charge on any atom is 0.407 e. The molecule has 0 fully saturated rings. The van der Waals surface area contributed by atoms with Crippen LogP contribution in [0.5, 0.6) is 0 Å². The highest BCUT2D eigenvalue weighted by atomic mass is 16.6. The fraction of sp³-hybridized carbons (Fsp3) is 0.300. The number of benzene rings is 2. The maximum absolute atomic E-state index is 12.1. The Balaban J connectivity index is 1.70. The molecule has 0 radical (unpaired) electrons. The summed E-state index contributed by atoms with van der Waals surface area (Å²) in [7, 11) is 2.69. The smallest absolute Gasteiger partial charge is 0.407 e. The molecule has 0 heterocycles. The fourth-order valence-electron chi connectivity index (χ4n) is 3.26. The zero-order valence-corrected chi connectivity index (χ0v) is 14.7. The number of alkyl carbamates (subject to hydrolysis) is 1. The van der Waals surface area contributed by atoms with E-state index in [1.165, 1.54) is 14.2 Å². The summed E-state index contributed by atoms with van der Waals surface area (Å²) < 4.78 is 15.0. The normalized spacial score (nSPS) is 13.5. The van der Waals surface area contributed by atoms with E-state index in [2.05, 4.69) is 22.2 Å². The predicted octanol–water partition coefficient (Wildman–Crippen LogP) is 2.71. The van der Waals surface area contributed by atoms with Crippen molar-refractivity contribution in [1.82, 2.24) is 5.32 Å². The van der Waals surface area contributed by atoms with Gasteiger partial charge in [0.05, 0.1) is 13.7 Å². The van der Waals surface area contributed by atoms with Gasteiger partial charge in [0.25, 0.3) is 0 Å². The third-order valence-electron chi connectivity index (χ3n) is 4.45. The van der Waals surface area contributed by atoms with E-state index < -0.39 is 18.1 Å². The van der Waals surface area contributed by atoms with Crippen molar-refractivity contribution in [1.29, 1.82) is 0 Å². The standard InChI is InChI=1S/C20H21NO5/c1-24-12-18(19(22)25-2)21-20(23)26-11-17-15-9-5-3-7-13(15)14-8-4-6-10-16(14)17/h3-10,17-18H,11-12H2,1-2H3,(H,21,23). The van der Waals surface area contributed by atoms with Gasteiger partial charge in [0.15, 0.2) is 6.04 Å². The molecule has 136 valence electrons. The van der Waals surface area contributed by atoms with E-state index in [0.29, 0.717) is 0 Å². The first-order chi connectivity index (χ1) is 12.7. The van der Waals surface area contributed by atoms with Gasteiger partial charge >= 0.3 is 12.1 Å². The van der Waals surface area contributed by atoms with Crippen LogP contribution in [0.3, 0.4) is 0 Å². The number of fused-ring (bicyclic) bond motifs is 3. The Morgan fingerprint density at radius 1 is 1.00 bits per heavy atom. The fourth-order valence-corrected chi connectivity index (χ4v) is 3.26. The largest absolute Gasteiger partial charge is 0.467 e. The second kappa shape index (κ2) is 8.01. The lowest BCUT2D eigenvalue weighted by Gasteiger charge is -2.18. The molecule has 1 N–H and O–H groups in total. The van der Waals surface area contributed by atoms with Gasteiger partial charge in [0, 0.05) is 13.0 Å². The number of hydrogen-bond acceptors (Lipinski definition) is 5. The summed E-state index contributed by atoms with van der Waals surface area (Å²) in [5, 5.41) is 2.48. The highest BCUT2D eigenvalue weighted by Crippen LogP contribution is 2.44. The average molecular weight is 355 g/mol. The molecule has 0 spiro atoms. The van der Waals surface area contributed by atoms with Gasteiger partial charge in [0.1, 0.15) is 6.61 Å². The number of nitrogens with one attached hydrogen (secondary N) is 1. The van der Waals surface area contributed by atoms with Crippen molar-refractivity contribution in [2.24, 2.45) is 0 Å². The molecule has 26 heavy (non-hydrogen) atoms. The highest BCUT2D eigenvalue weighted by Gasteiger charge is 2.29. The van der Waals surface area contributed by atoms with E-state index >= 15 is 0 Å². The van der Waals surface area contributed by atoms with E-state index in [1.807, 2.05) is 36.4 Å². The molecule has 1 unspecified atom stereocenters. The van der Waals surface area contributed by atoms with Crippen LogP contribution in [0.1, 0.15) is 17.0 Å². The number of hydrogen-bond donors (Lipinski definition) is 1. The van der Waals surface area contributed by atoms with Crippen LogP contribution >= 0.6 is 0 Å². The SMILES string of the molecule is COCC(NC(=O)OCC1c2ccccc2-c2ccccc21)C(=O)OC. The van der Waals surface area contributed by atoms with Gasteiger partial charge < -0.3 is 19.5 Å². The zero-order valence-electron chi connectivity index (χ0n) is 14.7. The van der Waals surface area contributed by atoms with Gasteiger partial charge in [0.2, 0.25) is 0 Å². The van der Waals surface area contributed by atoms with Crippen LogP contribution in [0, 0.1) is 0 Å². The number of methoxy groups -OCH3 is 2. The van der Waals surface area contributed by atoms with E-state index in [-0.39, 0.29) is 19.1 Å². The monoisotopic (exact) mass is 355 g/mol. The van der Waals surface area contributed by atoms with Crippen LogP contribution in [0.4, 0.5) is 4.79 Å². The van der Waals surface area contributed by atoms with Crippen molar-refractivity contribution in [3.05, 3.63) is 59.7 Å². The molecule has 2 aromatic carbocycles. The molecule has 6 nitrogen and oxygen atoms in total. The summed E-state index contributed by atoms with van der Waals surface area (Å²) in [4.78, 5) is 23.8. The van der Waals surface area contributed by atoms with E-state index in [0.717, 1.165) is 22.3 Å². The molecule has 3 rings (SSSR count). The van der Waals surface area contributed by atoms with Crippen LogP contribution in [0.25, 0.3) is 11.1 Å². The molecule has 0 aromatic heterocycles. The summed E-state index contributed by atoms with van der Waals surface area (Å²) in [6.45, 7) is 0.192. The molecule has 0 bridgehead atoms. The first-order valence-corrected chi connectivity index (χ1v) is 8.34. The number of carbonyl (C=O) groups is 2. The van der Waals surface area contributed by atoms with E-state index in [4.69, 9.17) is 9.47 Å². The Kier molecular flexibility index (Phi) is 5.53. The van der Waals surface area contributed by atoms with E-state index in [1.54, 1.807) is 0 Å². The number of esters is 1. The Hall–Kier alpha value is -2.86. The minimum absolute atomic E-state index is 0.0108. The molecule has 1 aliphatic rings. The third kappa shape index (κ3) is 3.55. The van der Waals surface area contributed by atoms with Crippen LogP contribution in [-0.2, 0) is 19.0 Å². The van der Waals surface area contributed by atoms with Gasteiger partial charge in [-0.3, -0.25) is 0 Å². The molecule has 1 atom stereocenters. The Morgan fingerprint density at radius 2 is 1.58 bits per heavy atom. The van der Waals surface area contributed by atoms with Gasteiger partial charge in [-0.2, -0.15) is 0 Å². The lowest BCUT2D eigenvalue weighted by atomic mass is 9.98. The lowest BCUT2D eigenvalue weighted by Crippen LogP contribution is -2.45. The second-order valence-corrected chi connectivity index (χ2v) is 6.00. The van der Waals surface area contributed by atoms with Crippen molar-refractivity contribution >= 4 is 12.1 Å². The molecular formula is C20H21NO5. The number of ether oxygens (including phenoxy) is 3. The molecule has 1 aliphatic carbocycles. The Morgan fingerprint density at radius 3 is 2.12 bits per heavy atom. The highest BCUT2D eigenvalue weighted by molar-refractivity contribution is 5.82. The summed E-state index contributed by atoms with van der Waals surface area (Å²) in [6, 6.07) is 15.3. The number of rotatable bonds is 6. The van der Waals surface area contributed by atoms with Crippen molar-refractivity contribution in [2.75, 3.05) is 27.4 Å². The number of amides is 1. The van der Waals surface area contributed by atoms with Gasteiger partial charge in [-0.05, 0) is 22.3 Å². The first kappa shape index (κ1) is 17.9. The lowest BCUT2D eigenvalue weighted by molar-refractivity contribution is -0.144. The van der Waals surface area contributed by atoms with Crippen LogP contribution < -0.4 is 5.32 Å². The van der Waals surface area contributed by atoms with Crippen LogP contribution in [0.2, 0.25) is 0 Å². The van der Waals surface area contributed by atoms with Gasteiger partial charge in [-0.25, -0.2) is 9.59 Å². The van der Waals surface area contributed by atoms with Crippen molar-refractivity contribution in [2.45, 2.75) is 12.0 Å². The molecule has 0 saturated heterocycles. The summed E-state index contributed by atoms with van der Waals surface area (Å²) in [5.41, 5.74) is 4.57. The quantitative estimate of drug-likeness (QED) is 0.807. The van der Waals surface area contributed by atoms with Crippen LogP contribution in [-0.4, -0.2) is 45.5 Å². The summed E-state index contributed by atoms with van der Waals surface area (Å²) in [5.74, 6) is -0.618. The van der Waals surface area contributed by atoms with Crippen LogP contribution in [0.15, 0.2) is 48.5 Å². The molecule has 0 aliphatic heterocycles. The first-order valence-electron chi connectivity index (χ1n) is 8.34. The third-order valence-corrected chi connectivity index (χ3v) is 4.45. The molecular weight excluding hydrogens is 334 g/mol. The van der Waals surface area contributed by atoms with Gasteiger partial charge in [-0.15, -0.1) is 0 Å². The Labute approximate surface area is 152 Å². The van der Waals surface area contributed by atoms with Crippen molar-refractivity contribution < 1.29 is 23.8 Å². The molecule has 6 heteroatoms. The van der Waals surface area contributed by atoms with Crippen molar-refractivity contribution in [3.8, 4) is 11.1 Å². The van der Waals surface area contributed by atoms with Gasteiger partial charge in [-0.1, -0.05) is 48.5 Å². The minimum atomic E-state index is -0.902. The zero-order chi connectivity index (χ0) is 18.5. The molecule has 2 aromatic rings. The molecule has 0 saturated carbocycles. The predicted molar refractivity (Wildman–Crippen MR) is 95.9 cm³/mol. The Bertz CT molecular complexity index is 759.